The van der Waals surface area contributed by atoms with Crippen molar-refractivity contribution in [3.05, 3.63) is 0 Å². The van der Waals surface area contributed by atoms with Gasteiger partial charge in [0, 0.05) is 12.2 Å². The Morgan fingerprint density at radius 2 is 2.00 bits per heavy atom. The molecular formula is C8H12O4S4. The zero-order valence-corrected chi connectivity index (χ0v) is 11.6. The zero-order valence-electron chi connectivity index (χ0n) is 8.20. The fourth-order valence-electron chi connectivity index (χ4n) is 1.39. The van der Waals surface area contributed by atoms with Crippen LogP contribution in [0.4, 0.5) is 0 Å². The number of rotatable bonds is 4. The summed E-state index contributed by atoms with van der Waals surface area (Å²) in [7, 11) is 0. The Labute approximate surface area is 113 Å². The number of aliphatic hydroxyl groups is 2. The second-order valence-corrected chi connectivity index (χ2v) is 7.12. The molecule has 0 aliphatic carbocycles. The molecular weight excluding hydrogens is 288 g/mol. The molecule has 3 unspecified atom stereocenters. The second-order valence-electron chi connectivity index (χ2n) is 3.40. The van der Waals surface area contributed by atoms with Gasteiger partial charge in [-0.1, -0.05) is 0 Å². The van der Waals surface area contributed by atoms with Gasteiger partial charge in [0.2, 0.25) is 0 Å². The van der Waals surface area contributed by atoms with E-state index in [1.54, 1.807) is 0 Å². The van der Waals surface area contributed by atoms with E-state index >= 15 is 0 Å². The Morgan fingerprint density at radius 3 is 2.50 bits per heavy atom. The molecule has 92 valence electrons. The van der Waals surface area contributed by atoms with Crippen LogP contribution in [0.3, 0.4) is 0 Å². The van der Waals surface area contributed by atoms with Crippen molar-refractivity contribution in [3.63, 3.8) is 0 Å². The molecule has 1 fully saturated rings. The van der Waals surface area contributed by atoms with E-state index in [-0.39, 0.29) is 18.0 Å². The summed E-state index contributed by atoms with van der Waals surface area (Å²) in [4.78, 5) is 20.5. The van der Waals surface area contributed by atoms with E-state index in [0.29, 0.717) is 5.75 Å². The van der Waals surface area contributed by atoms with Gasteiger partial charge in [-0.25, -0.2) is 0 Å². The number of carbonyl (C=O) groups excluding carboxylic acids is 2. The Balaban J connectivity index is 2.77. The van der Waals surface area contributed by atoms with Gasteiger partial charge in [0.1, 0.15) is 10.4 Å². The van der Waals surface area contributed by atoms with Gasteiger partial charge in [-0.2, -0.15) is 0 Å². The van der Waals surface area contributed by atoms with Crippen molar-refractivity contribution in [2.24, 2.45) is 0 Å². The van der Waals surface area contributed by atoms with Crippen LogP contribution < -0.4 is 0 Å². The Kier molecular flexibility index (Phi) is 5.53. The normalized spacial score (nSPS) is 34.8. The van der Waals surface area contributed by atoms with E-state index in [4.69, 9.17) is 0 Å². The summed E-state index contributed by atoms with van der Waals surface area (Å²) >= 11 is 9.45. The van der Waals surface area contributed by atoms with Gasteiger partial charge >= 0.3 is 0 Å². The molecule has 3 atom stereocenters. The van der Waals surface area contributed by atoms with Crippen molar-refractivity contribution in [3.8, 4) is 0 Å². The maximum Gasteiger partial charge on any atom is 0.189 e. The average molecular weight is 300 g/mol. The number of thioether (sulfide) groups is 2. The minimum atomic E-state index is -1.35. The number of aliphatic hydroxyl groups excluding tert-OH is 1. The Hall–Kier alpha value is 0.660. The average Bonchev–Trinajstić information content (AvgIpc) is 2.10. The van der Waals surface area contributed by atoms with Gasteiger partial charge in [0.05, 0.1) is 11.7 Å². The smallest absolute Gasteiger partial charge is 0.189 e. The molecule has 2 N–H and O–H groups in total. The molecule has 0 radical (unpaired) electrons. The number of hydrogen-bond acceptors (Lipinski definition) is 6. The molecule has 0 aromatic carbocycles. The lowest BCUT2D eigenvalue weighted by atomic mass is 10.1. The van der Waals surface area contributed by atoms with Crippen LogP contribution in [0.25, 0.3) is 0 Å². The van der Waals surface area contributed by atoms with Gasteiger partial charge in [0.15, 0.2) is 10.2 Å². The summed E-state index contributed by atoms with van der Waals surface area (Å²) in [6.07, 6.45) is -0.137. The van der Waals surface area contributed by atoms with Crippen molar-refractivity contribution < 1.29 is 19.8 Å². The van der Waals surface area contributed by atoms with Crippen molar-refractivity contribution >= 4 is 59.0 Å². The van der Waals surface area contributed by atoms with Gasteiger partial charge in [-0.3, -0.25) is 9.59 Å². The first-order valence-corrected chi connectivity index (χ1v) is 7.29. The number of carbonyl (C=O) groups is 2. The highest BCUT2D eigenvalue weighted by Gasteiger charge is 2.44. The molecule has 1 aliphatic rings. The van der Waals surface area contributed by atoms with E-state index in [2.05, 4.69) is 25.3 Å². The molecule has 1 aliphatic heterocycles. The highest BCUT2D eigenvalue weighted by molar-refractivity contribution is 8.08. The lowest BCUT2D eigenvalue weighted by Crippen LogP contribution is -2.44. The van der Waals surface area contributed by atoms with Crippen LogP contribution in [0, 0.1) is 0 Å². The molecule has 4 nitrogen and oxygen atoms in total. The van der Waals surface area contributed by atoms with E-state index in [0.717, 1.165) is 23.5 Å². The molecule has 1 heterocycles. The van der Waals surface area contributed by atoms with Gasteiger partial charge in [-0.05, 0) is 0 Å². The Morgan fingerprint density at radius 1 is 1.38 bits per heavy atom. The highest BCUT2D eigenvalue weighted by Crippen LogP contribution is 2.45. The molecule has 1 saturated heterocycles. The lowest BCUT2D eigenvalue weighted by molar-refractivity contribution is -0.115. The fraction of sp³-hybridized carbons (Fsp3) is 0.750. The van der Waals surface area contributed by atoms with Crippen molar-refractivity contribution in [1.82, 2.24) is 0 Å². The molecule has 0 aromatic heterocycles. The first-order chi connectivity index (χ1) is 7.33. The summed E-state index contributed by atoms with van der Waals surface area (Å²) < 4.78 is 0. The van der Waals surface area contributed by atoms with Gasteiger partial charge < -0.3 is 10.2 Å². The van der Waals surface area contributed by atoms with Crippen LogP contribution in [-0.4, -0.2) is 41.8 Å². The lowest BCUT2D eigenvalue weighted by Gasteiger charge is -2.39. The Bertz CT molecular complexity index is 298. The van der Waals surface area contributed by atoms with E-state index in [9.17, 15) is 19.8 Å². The van der Waals surface area contributed by atoms with Crippen molar-refractivity contribution in [1.29, 1.82) is 0 Å². The monoisotopic (exact) mass is 300 g/mol. The van der Waals surface area contributed by atoms with Gasteiger partial charge in [0.25, 0.3) is 0 Å². The predicted octanol–water partition coefficient (Wildman–Crippen LogP) is 0.535. The molecule has 0 bridgehead atoms. The molecule has 16 heavy (non-hydrogen) atoms. The zero-order chi connectivity index (χ0) is 12.3. The molecule has 0 amide bonds. The van der Waals surface area contributed by atoms with Crippen LogP contribution in [0.2, 0.25) is 0 Å². The van der Waals surface area contributed by atoms with Crippen molar-refractivity contribution in [2.75, 3.05) is 5.75 Å². The summed E-state index contributed by atoms with van der Waals surface area (Å²) in [6, 6.07) is 0. The quantitative estimate of drug-likeness (QED) is 0.568. The van der Waals surface area contributed by atoms with Gasteiger partial charge in [-0.15, -0.1) is 48.8 Å². The third-order valence-corrected chi connectivity index (χ3v) is 5.54. The summed E-state index contributed by atoms with van der Waals surface area (Å²) in [6.45, 7) is 0. The van der Waals surface area contributed by atoms with Crippen LogP contribution >= 0.6 is 48.8 Å². The van der Waals surface area contributed by atoms with Crippen LogP contribution in [-0.2, 0) is 9.59 Å². The minimum Gasteiger partial charge on any atom is -0.382 e. The maximum absolute atomic E-state index is 10.9. The van der Waals surface area contributed by atoms with E-state index in [1.807, 2.05) is 0 Å². The first kappa shape index (κ1) is 14.7. The maximum atomic E-state index is 10.9. The number of hydrogen-bond donors (Lipinski definition) is 4. The predicted molar refractivity (Wildman–Crippen MR) is 72.0 cm³/mol. The van der Waals surface area contributed by atoms with Crippen LogP contribution in [0.15, 0.2) is 0 Å². The van der Waals surface area contributed by atoms with Crippen molar-refractivity contribution in [2.45, 2.75) is 28.5 Å². The van der Waals surface area contributed by atoms with Crippen LogP contribution in [0.5, 0.6) is 0 Å². The summed E-state index contributed by atoms with van der Waals surface area (Å²) in [5.41, 5.74) is -0.641. The molecule has 0 aromatic rings. The summed E-state index contributed by atoms with van der Waals surface area (Å²) in [5, 5.41) is 18.3. The first-order valence-electron chi connectivity index (χ1n) is 4.47. The van der Waals surface area contributed by atoms with Crippen LogP contribution in [0.1, 0.15) is 12.8 Å². The fourth-order valence-corrected chi connectivity index (χ4v) is 4.79. The van der Waals surface area contributed by atoms with E-state index in [1.165, 1.54) is 0 Å². The standard InChI is InChI=1S/C8H12O4S4/c9-5(13)1-4-8(12,2-6(10)14)15-3-7(11)16-4/h4,7,11-12H,1-3H2,(H,9,13)(H,10,14). The molecule has 0 saturated carbocycles. The molecule has 8 heteroatoms. The number of thiol groups is 2. The third-order valence-electron chi connectivity index (χ3n) is 2.06. The topological polar surface area (TPSA) is 74.6 Å². The highest BCUT2D eigenvalue weighted by atomic mass is 32.2. The third kappa shape index (κ3) is 4.15. The molecule has 1 rings (SSSR count). The second kappa shape index (κ2) is 6.01. The minimum absolute atomic E-state index is 0.00932. The largest absolute Gasteiger partial charge is 0.382 e. The summed E-state index contributed by atoms with van der Waals surface area (Å²) in [5.74, 6) is 0.319. The van der Waals surface area contributed by atoms with E-state index < -0.39 is 20.7 Å². The molecule has 0 spiro atoms. The SMILES string of the molecule is O=C(S)CC1SC(O)CSC1(O)CC(=O)S.